The molecule has 0 radical (unpaired) electrons. The molecule has 2 saturated carbocycles. The average molecular weight is 210 g/mol. The number of aliphatic hydroxyl groups is 1. The third kappa shape index (κ3) is 1.32. The molecular formula is C14H26O. The van der Waals surface area contributed by atoms with Gasteiger partial charge in [0, 0.05) is 5.41 Å². The molecular weight excluding hydrogens is 184 g/mol. The van der Waals surface area contributed by atoms with E-state index in [1.54, 1.807) is 0 Å². The largest absolute Gasteiger partial charge is 0.389 e. The van der Waals surface area contributed by atoms with Crippen LogP contribution in [-0.2, 0) is 0 Å². The quantitative estimate of drug-likeness (QED) is 0.645. The van der Waals surface area contributed by atoms with Crippen molar-refractivity contribution in [2.45, 2.75) is 71.8 Å². The predicted octanol–water partition coefficient (Wildman–Crippen LogP) is 3.75. The van der Waals surface area contributed by atoms with Crippen molar-refractivity contribution in [1.82, 2.24) is 0 Å². The van der Waals surface area contributed by atoms with E-state index >= 15 is 0 Å². The first kappa shape index (κ1) is 11.4. The van der Waals surface area contributed by atoms with Gasteiger partial charge in [-0.1, -0.05) is 40.5 Å². The Kier molecular flexibility index (Phi) is 2.46. The summed E-state index contributed by atoms with van der Waals surface area (Å²) in [5.74, 6) is 0.482. The van der Waals surface area contributed by atoms with Crippen LogP contribution in [0, 0.1) is 16.7 Å². The lowest BCUT2D eigenvalue weighted by atomic mass is 9.45. The van der Waals surface area contributed by atoms with Crippen molar-refractivity contribution >= 4 is 0 Å². The number of rotatable bonds is 0. The van der Waals surface area contributed by atoms with Crippen molar-refractivity contribution in [3.63, 3.8) is 0 Å². The lowest BCUT2D eigenvalue weighted by molar-refractivity contribution is -0.217. The van der Waals surface area contributed by atoms with Gasteiger partial charge in [0.15, 0.2) is 0 Å². The van der Waals surface area contributed by atoms with E-state index in [2.05, 4.69) is 27.7 Å². The van der Waals surface area contributed by atoms with Crippen LogP contribution in [0.25, 0.3) is 0 Å². The lowest BCUT2D eigenvalue weighted by Crippen LogP contribution is -2.62. The summed E-state index contributed by atoms with van der Waals surface area (Å²) in [6.07, 6.45) is 7.21. The molecule has 1 nitrogen and oxygen atoms in total. The van der Waals surface area contributed by atoms with E-state index in [9.17, 15) is 5.11 Å². The molecule has 0 aliphatic heterocycles. The Balaban J connectivity index is 2.42. The maximum atomic E-state index is 11.1. The average Bonchev–Trinajstić information content (AvgIpc) is 2.17. The molecule has 0 amide bonds. The molecule has 15 heavy (non-hydrogen) atoms. The first-order valence-corrected chi connectivity index (χ1v) is 6.56. The van der Waals surface area contributed by atoms with E-state index in [-0.39, 0.29) is 5.41 Å². The summed E-state index contributed by atoms with van der Waals surface area (Å²) in [6, 6.07) is 0. The maximum absolute atomic E-state index is 11.1. The summed E-state index contributed by atoms with van der Waals surface area (Å²) in [7, 11) is 0. The first-order valence-electron chi connectivity index (χ1n) is 6.56. The van der Waals surface area contributed by atoms with Crippen LogP contribution >= 0.6 is 0 Å². The molecule has 0 aromatic carbocycles. The highest BCUT2D eigenvalue weighted by Crippen LogP contribution is 2.63. The SMILES string of the molecule is C[C@H]1CCC(C)(C)[C@]2(C)CCCC[C@]12O. The predicted molar refractivity (Wildman–Crippen MR) is 63.7 cm³/mol. The van der Waals surface area contributed by atoms with Crippen molar-refractivity contribution in [2.24, 2.45) is 16.7 Å². The van der Waals surface area contributed by atoms with Crippen LogP contribution in [-0.4, -0.2) is 10.7 Å². The highest BCUT2D eigenvalue weighted by Gasteiger charge is 2.60. The van der Waals surface area contributed by atoms with Gasteiger partial charge in [-0.05, 0) is 37.0 Å². The Morgan fingerprint density at radius 1 is 1.00 bits per heavy atom. The minimum absolute atomic E-state index is 0.135. The molecule has 2 aliphatic carbocycles. The van der Waals surface area contributed by atoms with Crippen LogP contribution < -0.4 is 0 Å². The smallest absolute Gasteiger partial charge is 0.0731 e. The van der Waals surface area contributed by atoms with Gasteiger partial charge in [-0.3, -0.25) is 0 Å². The fourth-order valence-electron chi connectivity index (χ4n) is 4.17. The van der Waals surface area contributed by atoms with Gasteiger partial charge in [0.05, 0.1) is 5.60 Å². The molecule has 0 bridgehead atoms. The number of hydrogen-bond donors (Lipinski definition) is 1. The van der Waals surface area contributed by atoms with E-state index in [0.717, 1.165) is 6.42 Å². The maximum Gasteiger partial charge on any atom is 0.0731 e. The second-order valence-corrected chi connectivity index (χ2v) is 6.79. The zero-order chi connectivity index (χ0) is 11.3. The van der Waals surface area contributed by atoms with Crippen LogP contribution in [0.1, 0.15) is 66.2 Å². The van der Waals surface area contributed by atoms with Gasteiger partial charge in [-0.25, -0.2) is 0 Å². The molecule has 2 fully saturated rings. The minimum Gasteiger partial charge on any atom is -0.389 e. The Morgan fingerprint density at radius 2 is 1.60 bits per heavy atom. The molecule has 0 saturated heterocycles. The summed E-state index contributed by atoms with van der Waals surface area (Å²) in [5, 5.41) is 11.1. The highest BCUT2D eigenvalue weighted by molar-refractivity contribution is 5.10. The topological polar surface area (TPSA) is 20.2 Å². The number of hydrogen-bond acceptors (Lipinski definition) is 1. The van der Waals surface area contributed by atoms with E-state index in [0.29, 0.717) is 11.3 Å². The summed E-state index contributed by atoms with van der Waals surface area (Å²) in [5.41, 5.74) is 0.0393. The number of fused-ring (bicyclic) bond motifs is 1. The molecule has 2 aliphatic rings. The molecule has 0 unspecified atom stereocenters. The standard InChI is InChI=1S/C14H26O/c1-11-7-10-12(2,3)13(4)8-5-6-9-14(11,13)15/h11,15H,5-10H2,1-4H3/t11-,13-,14-/m0/s1. The van der Waals surface area contributed by atoms with Crippen molar-refractivity contribution in [3.8, 4) is 0 Å². The van der Waals surface area contributed by atoms with Crippen molar-refractivity contribution in [1.29, 1.82) is 0 Å². The molecule has 3 atom stereocenters. The van der Waals surface area contributed by atoms with E-state index in [4.69, 9.17) is 0 Å². The van der Waals surface area contributed by atoms with E-state index < -0.39 is 5.60 Å². The second-order valence-electron chi connectivity index (χ2n) is 6.79. The van der Waals surface area contributed by atoms with Crippen molar-refractivity contribution < 1.29 is 5.11 Å². The molecule has 0 aromatic rings. The van der Waals surface area contributed by atoms with Gasteiger partial charge in [-0.2, -0.15) is 0 Å². The van der Waals surface area contributed by atoms with Crippen LogP contribution in [0.3, 0.4) is 0 Å². The van der Waals surface area contributed by atoms with Gasteiger partial charge in [0.25, 0.3) is 0 Å². The zero-order valence-corrected chi connectivity index (χ0v) is 10.8. The third-order valence-corrected chi connectivity index (χ3v) is 5.95. The van der Waals surface area contributed by atoms with E-state index in [1.165, 1.54) is 32.1 Å². The lowest BCUT2D eigenvalue weighted by Gasteiger charge is -2.63. The molecule has 1 N–H and O–H groups in total. The summed E-state index contributed by atoms with van der Waals surface area (Å²) < 4.78 is 0. The van der Waals surface area contributed by atoms with Gasteiger partial charge in [0.1, 0.15) is 0 Å². The van der Waals surface area contributed by atoms with Crippen LogP contribution in [0.2, 0.25) is 0 Å². The Labute approximate surface area is 94.3 Å². The van der Waals surface area contributed by atoms with Crippen LogP contribution in [0.4, 0.5) is 0 Å². The van der Waals surface area contributed by atoms with Gasteiger partial charge >= 0.3 is 0 Å². The third-order valence-electron chi connectivity index (χ3n) is 5.95. The highest BCUT2D eigenvalue weighted by atomic mass is 16.3. The fourth-order valence-corrected chi connectivity index (χ4v) is 4.17. The van der Waals surface area contributed by atoms with Gasteiger partial charge < -0.3 is 5.11 Å². The summed E-state index contributed by atoms with van der Waals surface area (Å²) in [6.45, 7) is 9.30. The fraction of sp³-hybridized carbons (Fsp3) is 1.00. The first-order chi connectivity index (χ1) is 6.83. The van der Waals surface area contributed by atoms with Crippen molar-refractivity contribution in [2.75, 3.05) is 0 Å². The van der Waals surface area contributed by atoms with Gasteiger partial charge in [-0.15, -0.1) is 0 Å². The Hall–Kier alpha value is -0.0400. The second kappa shape index (κ2) is 3.23. The Morgan fingerprint density at radius 3 is 2.20 bits per heavy atom. The molecule has 0 aromatic heterocycles. The Bertz CT molecular complexity index is 258. The van der Waals surface area contributed by atoms with Crippen LogP contribution in [0.15, 0.2) is 0 Å². The van der Waals surface area contributed by atoms with E-state index in [1.807, 2.05) is 0 Å². The monoisotopic (exact) mass is 210 g/mol. The van der Waals surface area contributed by atoms with Gasteiger partial charge in [0.2, 0.25) is 0 Å². The molecule has 2 rings (SSSR count). The summed E-state index contributed by atoms with van der Waals surface area (Å²) >= 11 is 0. The van der Waals surface area contributed by atoms with Crippen molar-refractivity contribution in [3.05, 3.63) is 0 Å². The normalized spacial score (nSPS) is 49.8. The molecule has 0 spiro atoms. The molecule has 1 heteroatoms. The molecule has 0 heterocycles. The minimum atomic E-state index is -0.396. The summed E-state index contributed by atoms with van der Waals surface area (Å²) in [4.78, 5) is 0. The zero-order valence-electron chi connectivity index (χ0n) is 10.8. The molecule has 88 valence electrons. The van der Waals surface area contributed by atoms with Crippen LogP contribution in [0.5, 0.6) is 0 Å².